The highest BCUT2D eigenvalue weighted by molar-refractivity contribution is 7.17. The average Bonchev–Trinajstić information content (AvgIpc) is 1.72. The second-order valence-electron chi connectivity index (χ2n) is 22.8. The minimum Gasteiger partial charge on any atom is -0.504 e. The van der Waals surface area contributed by atoms with Gasteiger partial charge < -0.3 is 97.8 Å². The number of aromatic nitrogens is 2. The zero-order valence-corrected chi connectivity index (χ0v) is 51.2. The summed E-state index contributed by atoms with van der Waals surface area (Å²) in [6.45, 7) is 2.27. The van der Waals surface area contributed by atoms with E-state index in [4.69, 9.17) is 25.7 Å². The molecule has 8 rings (SSSR count). The summed E-state index contributed by atoms with van der Waals surface area (Å²) in [5.74, 6) is -7.90. The molecule has 0 bridgehead atoms. The lowest BCUT2D eigenvalue weighted by Crippen LogP contribution is -2.64. The van der Waals surface area contributed by atoms with E-state index in [1.54, 1.807) is 19.2 Å². The Hall–Kier alpha value is -8.23. The zero-order chi connectivity index (χ0) is 65.6. The van der Waals surface area contributed by atoms with Crippen molar-refractivity contribution in [3.63, 3.8) is 0 Å². The van der Waals surface area contributed by atoms with Crippen LogP contribution < -0.4 is 47.5 Å². The molecule has 4 heterocycles. The molecule has 4 aromatic carbocycles. The number of nitrogens with two attached hydrogens (primary N) is 2. The fraction of sp³-hybridized carbons (Fsp3) is 0.468. The van der Waals surface area contributed by atoms with Gasteiger partial charge in [-0.05, 0) is 85.9 Å². The monoisotopic (exact) mass is 1280 g/mol. The number of carbonyl (C=O) groups excluding carboxylic acids is 7. The van der Waals surface area contributed by atoms with Crippen LogP contribution in [0.15, 0.2) is 91.0 Å². The Labute approximate surface area is 528 Å². The van der Waals surface area contributed by atoms with Gasteiger partial charge in [-0.25, -0.2) is 0 Å². The Kier molecular flexibility index (Phi) is 23.9. The first-order valence-electron chi connectivity index (χ1n) is 29.9. The lowest BCUT2D eigenvalue weighted by molar-refractivity contribution is -0.147. The normalized spacial score (nSPS) is 24.8. The van der Waals surface area contributed by atoms with Gasteiger partial charge in [-0.2, -0.15) is 0 Å². The summed E-state index contributed by atoms with van der Waals surface area (Å²) in [7, 11) is 1.61. The highest BCUT2D eigenvalue weighted by Crippen LogP contribution is 2.33. The van der Waals surface area contributed by atoms with Crippen molar-refractivity contribution in [3.8, 4) is 49.5 Å². The van der Waals surface area contributed by atoms with Gasteiger partial charge in [-0.1, -0.05) is 72.9 Å². The lowest BCUT2D eigenvalue weighted by atomic mass is 9.98. The number of nitrogens with one attached hydrogen (secondary N) is 5. The van der Waals surface area contributed by atoms with E-state index in [1.807, 2.05) is 48.5 Å². The maximum atomic E-state index is 14.7. The maximum Gasteiger partial charge on any atom is 0.251 e. The predicted octanol–water partition coefficient (Wildman–Crippen LogP) is -1.71. The second-order valence-corrected chi connectivity index (χ2v) is 23.8. The van der Waals surface area contributed by atoms with Crippen LogP contribution >= 0.6 is 11.3 Å². The molecule has 7 amide bonds. The Balaban J connectivity index is 1.06. The summed E-state index contributed by atoms with van der Waals surface area (Å²) >= 11 is 1.30. The molecule has 0 radical (unpaired) electrons. The van der Waals surface area contributed by atoms with Crippen LogP contribution in [0.1, 0.15) is 55.5 Å². The molecule has 5 aromatic rings. The van der Waals surface area contributed by atoms with E-state index in [-0.39, 0.29) is 55.3 Å². The molecular formula is C62H79N11O17S. The number of fused-ring (bicyclic) bond motifs is 2. The first-order chi connectivity index (χ1) is 43.6. The lowest BCUT2D eigenvalue weighted by Gasteiger charge is -2.34. The van der Waals surface area contributed by atoms with Gasteiger partial charge in [0, 0.05) is 68.6 Å². The van der Waals surface area contributed by atoms with Crippen molar-refractivity contribution in [1.29, 1.82) is 0 Å². The van der Waals surface area contributed by atoms with Crippen LogP contribution in [-0.2, 0) is 39.9 Å². The van der Waals surface area contributed by atoms with Gasteiger partial charge in [0.15, 0.2) is 11.5 Å². The van der Waals surface area contributed by atoms with E-state index in [2.05, 4.69) is 36.8 Å². The number of phenolic OH excluding ortho intramolecular Hbond substituents is 1. The van der Waals surface area contributed by atoms with Gasteiger partial charge in [0.05, 0.1) is 49.8 Å². The van der Waals surface area contributed by atoms with Crippen molar-refractivity contribution in [3.05, 3.63) is 102 Å². The number of methoxy groups -OCH3 is 1. The van der Waals surface area contributed by atoms with Crippen LogP contribution in [0.4, 0.5) is 0 Å². The number of benzene rings is 4. The van der Waals surface area contributed by atoms with Crippen LogP contribution in [0.5, 0.6) is 17.2 Å². The van der Waals surface area contributed by atoms with Gasteiger partial charge in [-0.3, -0.25) is 33.6 Å². The molecule has 3 saturated heterocycles. The summed E-state index contributed by atoms with van der Waals surface area (Å²) in [4.78, 5) is 103. The van der Waals surface area contributed by atoms with Crippen molar-refractivity contribution in [2.24, 2.45) is 17.4 Å². The van der Waals surface area contributed by atoms with Gasteiger partial charge >= 0.3 is 0 Å². The van der Waals surface area contributed by atoms with Crippen LogP contribution in [0, 0.1) is 5.92 Å². The zero-order valence-electron chi connectivity index (χ0n) is 50.4. The number of aliphatic hydroxyl groups is 6. The molecule has 91 heavy (non-hydrogen) atoms. The molecule has 3 aliphatic rings. The molecule has 0 spiro atoms. The van der Waals surface area contributed by atoms with Crippen LogP contribution in [0.3, 0.4) is 0 Å². The highest BCUT2D eigenvalue weighted by Gasteiger charge is 2.50. The third-order valence-corrected chi connectivity index (χ3v) is 17.0. The number of nitrogens with zero attached hydrogens (tertiary/aromatic N) is 4. The van der Waals surface area contributed by atoms with Crippen molar-refractivity contribution >= 4 is 52.7 Å². The van der Waals surface area contributed by atoms with E-state index < -0.39 is 152 Å². The van der Waals surface area contributed by atoms with Crippen molar-refractivity contribution < 1.29 is 83.5 Å². The van der Waals surface area contributed by atoms with Crippen LogP contribution in [0.25, 0.3) is 32.3 Å². The molecule has 16 N–H and O–H groups in total. The third-order valence-electron chi connectivity index (χ3n) is 16.0. The second kappa shape index (κ2) is 31.7. The standard InChI is InChI=1S/C62H79N11O17S/c1-32-30-73-52(53(32)80)58(85)65-29-40(75)27-43(66-54(81)37-8-12-39(13-9-37)60-71-70-59(91-60)38-10-6-35(7-11-38)36-14-16-42(17-15-36)89-24-23-88-3)55(82)67-49(33(2)74)61(86)72-31-41(76)28-44(72)56(83)68-50(57(84)69-51(62(73)87)46(78)19-21-64)47(79)25-34-5-18-45(77)48(26-34)90-22-4-20-63/h5-18,26,32-33,40-41,43-44,46-47,49-53,74-80H,4,19-25,27-31,63-64H2,1-3H3,(H,65,85)(H,66,81)(H,67,82)(H,68,83)(H,69,84)/t32-,33+,40+,41+,43-,44-,46+,47+,49-,50-,51-,52-,53-/m0/s1. The minimum atomic E-state index is -2.04. The SMILES string of the molecule is COCCOc1ccc(-c2ccc(-c3nnc(-c4ccc(C(=O)N[C@H]5C[C@@H](O)CNC(=O)[C@@H]6[C@@H](O)[C@@H](C)CN6C(=O)[C@H]([C@H](O)CCN)NC(=O)[C@H]([C@H](O)Cc6ccc(O)c(OCCCN)c6)NC(=O)[C@@H]6C[C@@H](O)CN6C(=O)[C@H]([C@@H](C)O)NC5=O)cc4)s3)cc2)cc1. The Morgan fingerprint density at radius 2 is 1.31 bits per heavy atom. The Morgan fingerprint density at radius 3 is 1.95 bits per heavy atom. The number of aromatic hydroxyl groups is 1. The molecule has 3 aliphatic heterocycles. The molecule has 490 valence electrons. The molecule has 28 nitrogen and oxygen atoms in total. The van der Waals surface area contributed by atoms with Crippen molar-refractivity contribution in [2.45, 2.75) is 119 Å². The largest absolute Gasteiger partial charge is 0.504 e. The first kappa shape index (κ1) is 68.7. The van der Waals surface area contributed by atoms with Gasteiger partial charge in [0.1, 0.15) is 58.6 Å². The summed E-state index contributed by atoms with van der Waals surface area (Å²) in [6, 6.07) is 14.7. The highest BCUT2D eigenvalue weighted by atomic mass is 32.1. The molecular weight excluding hydrogens is 1200 g/mol. The quantitative estimate of drug-likeness (QED) is 0.0386. The molecule has 0 unspecified atom stereocenters. The number of hydrogen-bond acceptors (Lipinski definition) is 22. The number of hydrogen-bond donors (Lipinski definition) is 14. The van der Waals surface area contributed by atoms with E-state index in [0.717, 1.165) is 39.2 Å². The molecule has 29 heteroatoms. The molecule has 13 atom stereocenters. The van der Waals surface area contributed by atoms with Gasteiger partial charge in [-0.15, -0.1) is 10.2 Å². The van der Waals surface area contributed by atoms with Crippen molar-refractivity contribution in [2.75, 3.05) is 59.7 Å². The fourth-order valence-corrected chi connectivity index (χ4v) is 11.8. The van der Waals surface area contributed by atoms with Crippen molar-refractivity contribution in [1.82, 2.24) is 46.6 Å². The number of β-amino-alcohol motifs (C(OH)–C–C–N with tert-alkyl or cyclic N) is 1. The summed E-state index contributed by atoms with van der Waals surface area (Å²) in [5.41, 5.74) is 15.1. The van der Waals surface area contributed by atoms with E-state index in [9.17, 15) is 69.3 Å². The smallest absolute Gasteiger partial charge is 0.251 e. The number of ether oxygens (including phenoxy) is 3. The van der Waals surface area contributed by atoms with E-state index >= 15 is 0 Å². The van der Waals surface area contributed by atoms with Crippen LogP contribution in [0.2, 0.25) is 0 Å². The summed E-state index contributed by atoms with van der Waals surface area (Å²) < 4.78 is 16.4. The van der Waals surface area contributed by atoms with Crippen LogP contribution in [-0.4, -0.2) is 230 Å². The summed E-state index contributed by atoms with van der Waals surface area (Å²) in [6.07, 6.45) is -11.5. The summed E-state index contributed by atoms with van der Waals surface area (Å²) in [5, 5.41) is 101. The topological polar surface area (TPSA) is 433 Å². The number of aliphatic hydroxyl groups excluding tert-OH is 6. The van der Waals surface area contributed by atoms with E-state index in [0.29, 0.717) is 35.2 Å². The molecule has 1 aromatic heterocycles. The maximum absolute atomic E-state index is 14.7. The first-order valence-corrected chi connectivity index (χ1v) is 30.7. The average molecular weight is 1280 g/mol. The molecule has 0 saturated carbocycles. The van der Waals surface area contributed by atoms with Gasteiger partial charge in [0.25, 0.3) is 5.91 Å². The minimum absolute atomic E-state index is 0.00125. The van der Waals surface area contributed by atoms with E-state index in [1.165, 1.54) is 48.6 Å². The number of phenols is 1. The number of rotatable bonds is 20. The Morgan fingerprint density at radius 1 is 0.692 bits per heavy atom. The Bertz CT molecular complexity index is 3320. The number of carbonyl (C=O) groups is 7. The third kappa shape index (κ3) is 17.2. The fourth-order valence-electron chi connectivity index (χ4n) is 10.9. The predicted molar refractivity (Wildman–Crippen MR) is 329 cm³/mol. The number of amides is 7. The molecule has 0 aliphatic carbocycles. The van der Waals surface area contributed by atoms with Gasteiger partial charge in [0.2, 0.25) is 35.4 Å². The molecule has 3 fully saturated rings.